The van der Waals surface area contributed by atoms with Gasteiger partial charge < -0.3 is 14.4 Å². The van der Waals surface area contributed by atoms with Gasteiger partial charge in [0.1, 0.15) is 5.75 Å². The molecule has 5 heteroatoms. The topological polar surface area (TPSA) is 42.0 Å². The lowest BCUT2D eigenvalue weighted by atomic mass is 10.00. The minimum atomic E-state index is 0.215. The SMILES string of the molecule is O=C1CCc2cc(OCCCN3CCOCC3)ccc2N1CCc1ccccc1. The fourth-order valence-electron chi connectivity index (χ4n) is 4.06. The van der Waals surface area contributed by atoms with Crippen LogP contribution in [-0.4, -0.2) is 56.8 Å². The summed E-state index contributed by atoms with van der Waals surface area (Å²) in [5.41, 5.74) is 3.51. The Hall–Kier alpha value is -2.37. The summed E-state index contributed by atoms with van der Waals surface area (Å²) in [6, 6.07) is 16.5. The van der Waals surface area contributed by atoms with E-state index in [0.29, 0.717) is 13.0 Å². The van der Waals surface area contributed by atoms with E-state index in [9.17, 15) is 4.79 Å². The predicted molar refractivity (Wildman–Crippen MR) is 115 cm³/mol. The number of anilines is 1. The van der Waals surface area contributed by atoms with Crippen LogP contribution >= 0.6 is 0 Å². The van der Waals surface area contributed by atoms with E-state index >= 15 is 0 Å². The molecule has 29 heavy (non-hydrogen) atoms. The summed E-state index contributed by atoms with van der Waals surface area (Å²) in [5.74, 6) is 1.12. The van der Waals surface area contributed by atoms with E-state index in [1.807, 2.05) is 29.2 Å². The molecule has 0 aliphatic carbocycles. The number of carbonyl (C=O) groups excluding carboxylic acids is 1. The highest BCUT2D eigenvalue weighted by Gasteiger charge is 2.24. The van der Waals surface area contributed by atoms with Crippen molar-refractivity contribution >= 4 is 11.6 Å². The highest BCUT2D eigenvalue weighted by molar-refractivity contribution is 5.96. The fraction of sp³-hybridized carbons (Fsp3) is 0.458. The molecule has 2 heterocycles. The molecule has 2 aromatic carbocycles. The van der Waals surface area contributed by atoms with E-state index in [2.05, 4.69) is 29.2 Å². The van der Waals surface area contributed by atoms with Gasteiger partial charge in [-0.25, -0.2) is 0 Å². The van der Waals surface area contributed by atoms with Crippen LogP contribution in [0.1, 0.15) is 24.0 Å². The molecule has 0 N–H and O–H groups in total. The van der Waals surface area contributed by atoms with Crippen molar-refractivity contribution in [2.45, 2.75) is 25.7 Å². The van der Waals surface area contributed by atoms with Crippen molar-refractivity contribution in [1.29, 1.82) is 0 Å². The third-order valence-corrected chi connectivity index (χ3v) is 5.71. The van der Waals surface area contributed by atoms with Crippen LogP contribution in [-0.2, 0) is 22.4 Å². The molecule has 0 spiro atoms. The van der Waals surface area contributed by atoms with Crippen molar-refractivity contribution in [2.24, 2.45) is 0 Å². The van der Waals surface area contributed by atoms with Crippen LogP contribution in [0.25, 0.3) is 0 Å². The molecule has 1 fully saturated rings. The summed E-state index contributed by atoms with van der Waals surface area (Å²) >= 11 is 0. The van der Waals surface area contributed by atoms with Gasteiger partial charge >= 0.3 is 0 Å². The van der Waals surface area contributed by atoms with Crippen LogP contribution in [0.3, 0.4) is 0 Å². The smallest absolute Gasteiger partial charge is 0.227 e. The van der Waals surface area contributed by atoms with Gasteiger partial charge in [-0.15, -0.1) is 0 Å². The number of amides is 1. The zero-order chi connectivity index (χ0) is 19.9. The fourth-order valence-corrected chi connectivity index (χ4v) is 4.06. The largest absolute Gasteiger partial charge is 0.494 e. The zero-order valence-corrected chi connectivity index (χ0v) is 17.0. The Labute approximate surface area is 173 Å². The molecule has 2 aromatic rings. The lowest BCUT2D eigenvalue weighted by Crippen LogP contribution is -2.37. The minimum absolute atomic E-state index is 0.215. The van der Waals surface area contributed by atoms with Gasteiger partial charge in [-0.3, -0.25) is 9.69 Å². The number of ether oxygens (including phenoxy) is 2. The van der Waals surface area contributed by atoms with Crippen LogP contribution in [0.5, 0.6) is 5.75 Å². The number of hydrogen-bond acceptors (Lipinski definition) is 4. The van der Waals surface area contributed by atoms with Crippen molar-refractivity contribution in [1.82, 2.24) is 4.90 Å². The molecule has 0 saturated carbocycles. The molecule has 4 rings (SSSR count). The maximum absolute atomic E-state index is 12.5. The third-order valence-electron chi connectivity index (χ3n) is 5.71. The third kappa shape index (κ3) is 5.37. The van der Waals surface area contributed by atoms with Gasteiger partial charge in [-0.2, -0.15) is 0 Å². The van der Waals surface area contributed by atoms with E-state index < -0.39 is 0 Å². The first-order valence-electron chi connectivity index (χ1n) is 10.7. The summed E-state index contributed by atoms with van der Waals surface area (Å²) in [6.45, 7) is 6.20. The standard InChI is InChI=1S/C24H30N2O3/c27-24-10-7-21-19-22(29-16-4-12-25-14-17-28-18-15-25)8-9-23(21)26(24)13-11-20-5-2-1-3-6-20/h1-3,5-6,8-9,19H,4,7,10-18H2. The first-order valence-corrected chi connectivity index (χ1v) is 10.7. The molecule has 0 atom stereocenters. The number of hydrogen-bond donors (Lipinski definition) is 0. The van der Waals surface area contributed by atoms with Gasteiger partial charge in [0, 0.05) is 38.3 Å². The lowest BCUT2D eigenvalue weighted by Gasteiger charge is -2.30. The van der Waals surface area contributed by atoms with E-state index in [1.54, 1.807) is 0 Å². The molecule has 2 aliphatic heterocycles. The molecule has 2 aliphatic rings. The van der Waals surface area contributed by atoms with Crippen molar-refractivity contribution in [2.75, 3.05) is 50.9 Å². The second-order valence-corrected chi connectivity index (χ2v) is 7.73. The number of aryl methyl sites for hydroxylation is 1. The minimum Gasteiger partial charge on any atom is -0.494 e. The molecule has 0 aromatic heterocycles. The van der Waals surface area contributed by atoms with Gasteiger partial charge in [0.2, 0.25) is 5.91 Å². The molecule has 154 valence electrons. The molecule has 1 saturated heterocycles. The Kier molecular flexibility index (Phi) is 6.80. The van der Waals surface area contributed by atoms with Crippen LogP contribution < -0.4 is 9.64 Å². The zero-order valence-electron chi connectivity index (χ0n) is 17.0. The van der Waals surface area contributed by atoms with E-state index in [1.165, 1.54) is 11.1 Å². The summed E-state index contributed by atoms with van der Waals surface area (Å²) < 4.78 is 11.4. The van der Waals surface area contributed by atoms with E-state index in [4.69, 9.17) is 9.47 Å². The monoisotopic (exact) mass is 394 g/mol. The maximum atomic E-state index is 12.5. The van der Waals surface area contributed by atoms with Crippen molar-refractivity contribution < 1.29 is 14.3 Å². The highest BCUT2D eigenvalue weighted by Crippen LogP contribution is 2.31. The normalized spacial score (nSPS) is 17.2. The van der Waals surface area contributed by atoms with Gasteiger partial charge in [-0.05, 0) is 48.6 Å². The Bertz CT molecular complexity index is 803. The van der Waals surface area contributed by atoms with Gasteiger partial charge in [0.15, 0.2) is 0 Å². The average Bonchev–Trinajstić information content (AvgIpc) is 2.77. The molecule has 1 amide bonds. The first-order chi connectivity index (χ1) is 14.3. The number of carbonyl (C=O) groups is 1. The molecule has 0 radical (unpaired) electrons. The Balaban J connectivity index is 1.31. The Morgan fingerprint density at radius 3 is 2.62 bits per heavy atom. The molecular formula is C24H30N2O3. The van der Waals surface area contributed by atoms with Gasteiger partial charge in [0.05, 0.1) is 19.8 Å². The van der Waals surface area contributed by atoms with Crippen LogP contribution in [0.15, 0.2) is 48.5 Å². The summed E-state index contributed by atoms with van der Waals surface area (Å²) in [6.07, 6.45) is 3.24. The van der Waals surface area contributed by atoms with Crippen LogP contribution in [0.4, 0.5) is 5.69 Å². The quantitative estimate of drug-likeness (QED) is 0.644. The highest BCUT2D eigenvalue weighted by atomic mass is 16.5. The van der Waals surface area contributed by atoms with Crippen molar-refractivity contribution in [3.8, 4) is 5.75 Å². The number of morpholine rings is 1. The number of rotatable bonds is 8. The average molecular weight is 395 g/mol. The second kappa shape index (κ2) is 9.90. The number of fused-ring (bicyclic) bond motifs is 1. The number of benzene rings is 2. The summed E-state index contributed by atoms with van der Waals surface area (Å²) in [4.78, 5) is 16.9. The predicted octanol–water partition coefficient (Wildman–Crippen LogP) is 3.31. The molecule has 0 bridgehead atoms. The van der Waals surface area contributed by atoms with Gasteiger partial charge in [-0.1, -0.05) is 30.3 Å². The van der Waals surface area contributed by atoms with Crippen LogP contribution in [0.2, 0.25) is 0 Å². The Morgan fingerprint density at radius 2 is 1.79 bits per heavy atom. The Morgan fingerprint density at radius 1 is 0.966 bits per heavy atom. The number of nitrogens with zero attached hydrogens (tertiary/aromatic N) is 2. The molecule has 0 unspecified atom stereocenters. The van der Waals surface area contributed by atoms with Crippen molar-refractivity contribution in [3.05, 3.63) is 59.7 Å². The second-order valence-electron chi connectivity index (χ2n) is 7.73. The van der Waals surface area contributed by atoms with Crippen molar-refractivity contribution in [3.63, 3.8) is 0 Å². The first kappa shape index (κ1) is 19.9. The molecule has 5 nitrogen and oxygen atoms in total. The van der Waals surface area contributed by atoms with Gasteiger partial charge in [0.25, 0.3) is 0 Å². The summed E-state index contributed by atoms with van der Waals surface area (Å²) in [5, 5.41) is 0. The van der Waals surface area contributed by atoms with Crippen LogP contribution in [0, 0.1) is 0 Å². The maximum Gasteiger partial charge on any atom is 0.227 e. The summed E-state index contributed by atoms with van der Waals surface area (Å²) in [7, 11) is 0. The molecular weight excluding hydrogens is 364 g/mol. The lowest BCUT2D eigenvalue weighted by molar-refractivity contribution is -0.118. The van der Waals surface area contributed by atoms with E-state index in [-0.39, 0.29) is 5.91 Å². The van der Waals surface area contributed by atoms with E-state index in [0.717, 1.165) is 70.1 Å².